The molecule has 0 aliphatic heterocycles. The summed E-state index contributed by atoms with van der Waals surface area (Å²) >= 11 is 1.92. The Balaban J connectivity index is 1.69. The first-order valence-corrected chi connectivity index (χ1v) is 8.46. The first kappa shape index (κ1) is 15.1. The lowest BCUT2D eigenvalue weighted by atomic mass is 10.2. The van der Waals surface area contributed by atoms with Crippen LogP contribution in [0.15, 0.2) is 36.5 Å². The minimum Gasteiger partial charge on any atom is -0.311 e. The summed E-state index contributed by atoms with van der Waals surface area (Å²) in [6.07, 6.45) is 7.83. The van der Waals surface area contributed by atoms with Crippen molar-refractivity contribution in [3.8, 4) is 5.69 Å². The van der Waals surface area contributed by atoms with Crippen LogP contribution in [-0.2, 0) is 6.54 Å². The fourth-order valence-corrected chi connectivity index (χ4v) is 2.44. The Hall–Kier alpha value is -1.33. The molecule has 0 spiro atoms. The van der Waals surface area contributed by atoms with Crippen molar-refractivity contribution in [3.05, 3.63) is 42.2 Å². The van der Waals surface area contributed by atoms with E-state index in [1.165, 1.54) is 25.0 Å². The molecule has 1 heterocycles. The summed E-state index contributed by atoms with van der Waals surface area (Å²) in [6, 6.07) is 9.98. The molecule has 2 rings (SSSR count). The van der Waals surface area contributed by atoms with E-state index in [1.54, 1.807) is 4.80 Å². The van der Waals surface area contributed by atoms with E-state index in [4.69, 9.17) is 0 Å². The lowest BCUT2D eigenvalue weighted by molar-refractivity contribution is 0.607. The van der Waals surface area contributed by atoms with Gasteiger partial charge < -0.3 is 5.32 Å². The topological polar surface area (TPSA) is 42.7 Å². The molecule has 5 heteroatoms. The van der Waals surface area contributed by atoms with Gasteiger partial charge in [-0.2, -0.15) is 26.8 Å². The molecule has 0 atom stereocenters. The van der Waals surface area contributed by atoms with Crippen LogP contribution in [0.1, 0.15) is 25.0 Å². The fraction of sp³-hybridized carbons (Fsp3) is 0.467. The predicted molar refractivity (Wildman–Crippen MR) is 85.3 cm³/mol. The van der Waals surface area contributed by atoms with Gasteiger partial charge in [0.25, 0.3) is 0 Å². The molecular formula is C15H22N4S. The Bertz CT molecular complexity index is 484. The Kier molecular flexibility index (Phi) is 6.60. The van der Waals surface area contributed by atoms with Gasteiger partial charge in [0.15, 0.2) is 0 Å². The van der Waals surface area contributed by atoms with E-state index < -0.39 is 0 Å². The second kappa shape index (κ2) is 8.76. The highest BCUT2D eigenvalue weighted by Crippen LogP contribution is 2.04. The summed E-state index contributed by atoms with van der Waals surface area (Å²) in [5.41, 5.74) is 1.98. The SMILES string of the molecule is CSCCCCCNCc1cnn(-c2ccccc2)n1. The van der Waals surface area contributed by atoms with Crippen molar-refractivity contribution in [1.82, 2.24) is 20.3 Å². The quantitative estimate of drug-likeness (QED) is 0.721. The average molecular weight is 290 g/mol. The minimum absolute atomic E-state index is 0.787. The highest BCUT2D eigenvalue weighted by atomic mass is 32.2. The summed E-state index contributed by atoms with van der Waals surface area (Å²) in [5.74, 6) is 1.27. The Morgan fingerprint density at radius 3 is 2.80 bits per heavy atom. The molecule has 1 aromatic heterocycles. The summed E-state index contributed by atoms with van der Waals surface area (Å²) in [6.45, 7) is 1.84. The standard InChI is InChI=1S/C15H22N4S/c1-20-11-7-3-6-10-16-12-14-13-17-19(18-14)15-8-4-2-5-9-15/h2,4-5,8-9,13,16H,3,6-7,10-12H2,1H3. The van der Waals surface area contributed by atoms with E-state index in [0.29, 0.717) is 0 Å². The molecule has 0 saturated carbocycles. The monoisotopic (exact) mass is 290 g/mol. The number of para-hydroxylation sites is 1. The van der Waals surface area contributed by atoms with Crippen molar-refractivity contribution in [2.75, 3.05) is 18.6 Å². The Morgan fingerprint density at radius 1 is 1.15 bits per heavy atom. The van der Waals surface area contributed by atoms with Gasteiger partial charge in [0.05, 0.1) is 17.6 Å². The zero-order valence-electron chi connectivity index (χ0n) is 12.0. The Labute approximate surface area is 125 Å². The van der Waals surface area contributed by atoms with Crippen molar-refractivity contribution in [1.29, 1.82) is 0 Å². The molecule has 0 bridgehead atoms. The van der Waals surface area contributed by atoms with Gasteiger partial charge in [-0.05, 0) is 43.5 Å². The van der Waals surface area contributed by atoms with E-state index in [2.05, 4.69) is 21.8 Å². The fourth-order valence-electron chi connectivity index (χ4n) is 1.95. The summed E-state index contributed by atoms with van der Waals surface area (Å²) in [5, 5.41) is 12.2. The lowest BCUT2D eigenvalue weighted by Crippen LogP contribution is -2.15. The third-order valence-electron chi connectivity index (χ3n) is 3.03. The van der Waals surface area contributed by atoms with Crippen LogP contribution in [0.2, 0.25) is 0 Å². The molecule has 1 aromatic carbocycles. The smallest absolute Gasteiger partial charge is 0.0969 e. The molecule has 0 aliphatic carbocycles. The maximum absolute atomic E-state index is 4.47. The average Bonchev–Trinajstić information content (AvgIpc) is 2.96. The predicted octanol–water partition coefficient (Wildman–Crippen LogP) is 2.89. The van der Waals surface area contributed by atoms with Crippen molar-refractivity contribution in [3.63, 3.8) is 0 Å². The highest BCUT2D eigenvalue weighted by molar-refractivity contribution is 7.98. The van der Waals surface area contributed by atoms with Crippen LogP contribution in [0, 0.1) is 0 Å². The number of aromatic nitrogens is 3. The number of nitrogens with zero attached hydrogens (tertiary/aromatic N) is 3. The van der Waals surface area contributed by atoms with E-state index in [-0.39, 0.29) is 0 Å². The van der Waals surface area contributed by atoms with E-state index in [9.17, 15) is 0 Å². The van der Waals surface area contributed by atoms with Gasteiger partial charge in [0.2, 0.25) is 0 Å². The van der Waals surface area contributed by atoms with Crippen LogP contribution in [-0.4, -0.2) is 33.5 Å². The van der Waals surface area contributed by atoms with Crippen LogP contribution < -0.4 is 5.32 Å². The van der Waals surface area contributed by atoms with Crippen LogP contribution >= 0.6 is 11.8 Å². The number of unbranched alkanes of at least 4 members (excludes halogenated alkanes) is 2. The summed E-state index contributed by atoms with van der Waals surface area (Å²) in [7, 11) is 0. The van der Waals surface area contributed by atoms with Crippen LogP contribution in [0.25, 0.3) is 5.69 Å². The largest absolute Gasteiger partial charge is 0.311 e. The molecule has 108 valence electrons. The lowest BCUT2D eigenvalue weighted by Gasteiger charge is -2.02. The van der Waals surface area contributed by atoms with Crippen molar-refractivity contribution in [2.45, 2.75) is 25.8 Å². The third-order valence-corrected chi connectivity index (χ3v) is 3.73. The van der Waals surface area contributed by atoms with E-state index in [1.807, 2.05) is 48.3 Å². The molecule has 2 aromatic rings. The molecule has 4 nitrogen and oxygen atoms in total. The van der Waals surface area contributed by atoms with Crippen molar-refractivity contribution < 1.29 is 0 Å². The molecule has 0 aliphatic rings. The van der Waals surface area contributed by atoms with Crippen LogP contribution in [0.4, 0.5) is 0 Å². The van der Waals surface area contributed by atoms with Gasteiger partial charge >= 0.3 is 0 Å². The molecule has 0 amide bonds. The highest BCUT2D eigenvalue weighted by Gasteiger charge is 2.01. The van der Waals surface area contributed by atoms with Crippen LogP contribution in [0.5, 0.6) is 0 Å². The summed E-state index contributed by atoms with van der Waals surface area (Å²) < 4.78 is 0. The zero-order valence-corrected chi connectivity index (χ0v) is 12.8. The maximum atomic E-state index is 4.47. The number of nitrogens with one attached hydrogen (secondary N) is 1. The first-order valence-electron chi connectivity index (χ1n) is 7.06. The van der Waals surface area contributed by atoms with E-state index >= 15 is 0 Å². The molecular weight excluding hydrogens is 268 g/mol. The molecule has 1 N–H and O–H groups in total. The van der Waals surface area contributed by atoms with Gasteiger partial charge in [0.1, 0.15) is 0 Å². The Morgan fingerprint density at radius 2 is 2.00 bits per heavy atom. The molecule has 0 radical (unpaired) electrons. The van der Waals surface area contributed by atoms with E-state index in [0.717, 1.165) is 24.5 Å². The first-order chi connectivity index (χ1) is 9.90. The number of benzene rings is 1. The minimum atomic E-state index is 0.787. The molecule has 0 saturated heterocycles. The number of thioether (sulfide) groups is 1. The number of hydrogen-bond donors (Lipinski definition) is 1. The van der Waals surface area contributed by atoms with Crippen molar-refractivity contribution >= 4 is 11.8 Å². The summed E-state index contributed by atoms with van der Waals surface area (Å²) in [4.78, 5) is 1.68. The van der Waals surface area contributed by atoms with Gasteiger partial charge in [-0.25, -0.2) is 0 Å². The normalized spacial score (nSPS) is 10.8. The van der Waals surface area contributed by atoms with Gasteiger partial charge in [-0.1, -0.05) is 24.6 Å². The van der Waals surface area contributed by atoms with Gasteiger partial charge in [-0.15, -0.1) is 0 Å². The zero-order chi connectivity index (χ0) is 14.0. The second-order valence-corrected chi connectivity index (χ2v) is 5.68. The number of hydrogen-bond acceptors (Lipinski definition) is 4. The van der Waals surface area contributed by atoms with Gasteiger partial charge in [-0.3, -0.25) is 0 Å². The third kappa shape index (κ3) is 4.98. The molecule has 20 heavy (non-hydrogen) atoms. The maximum Gasteiger partial charge on any atom is 0.0969 e. The molecule has 0 unspecified atom stereocenters. The molecule has 0 fully saturated rings. The van der Waals surface area contributed by atoms with Crippen LogP contribution in [0.3, 0.4) is 0 Å². The number of rotatable bonds is 9. The van der Waals surface area contributed by atoms with Crippen molar-refractivity contribution in [2.24, 2.45) is 0 Å². The van der Waals surface area contributed by atoms with Gasteiger partial charge in [0, 0.05) is 6.54 Å². The second-order valence-electron chi connectivity index (χ2n) is 4.69.